The summed E-state index contributed by atoms with van der Waals surface area (Å²) in [5, 5.41) is 3.06. The van der Waals surface area contributed by atoms with Crippen molar-refractivity contribution in [1.29, 1.82) is 0 Å². The van der Waals surface area contributed by atoms with E-state index in [1.165, 1.54) is 19.3 Å². The minimum absolute atomic E-state index is 0. The van der Waals surface area contributed by atoms with Gasteiger partial charge in [-0.25, -0.2) is 0 Å². The average Bonchev–Trinajstić information content (AvgIpc) is 2.89. The van der Waals surface area contributed by atoms with Crippen LogP contribution < -0.4 is 25.3 Å². The zero-order valence-electron chi connectivity index (χ0n) is 12.4. The van der Waals surface area contributed by atoms with Crippen LogP contribution in [0, 0.1) is 5.92 Å². The fourth-order valence-corrected chi connectivity index (χ4v) is 2.27. The number of guanidine groups is 1. The van der Waals surface area contributed by atoms with Gasteiger partial charge in [0.1, 0.15) is 12.4 Å². The molecule has 1 heterocycles. The Balaban J connectivity index is 0.00000176. The van der Waals surface area contributed by atoms with Crippen LogP contribution in [0.15, 0.2) is 23.2 Å². The number of benzene rings is 1. The van der Waals surface area contributed by atoms with E-state index in [9.17, 15) is 0 Å². The smallest absolute Gasteiger partial charge is 0.231 e. The van der Waals surface area contributed by atoms with Crippen LogP contribution in [0.25, 0.3) is 0 Å². The van der Waals surface area contributed by atoms with Crippen molar-refractivity contribution in [2.24, 2.45) is 16.6 Å². The first-order valence-electron chi connectivity index (χ1n) is 7.37. The van der Waals surface area contributed by atoms with Gasteiger partial charge in [-0.2, -0.15) is 0 Å². The van der Waals surface area contributed by atoms with Crippen molar-refractivity contribution < 1.29 is 14.2 Å². The van der Waals surface area contributed by atoms with Crippen LogP contribution in [0.4, 0.5) is 0 Å². The summed E-state index contributed by atoms with van der Waals surface area (Å²) >= 11 is 0. The number of nitrogens with two attached hydrogens (primary N) is 1. The van der Waals surface area contributed by atoms with Gasteiger partial charge in [0.2, 0.25) is 6.79 Å². The van der Waals surface area contributed by atoms with Gasteiger partial charge >= 0.3 is 0 Å². The third-order valence-electron chi connectivity index (χ3n) is 3.77. The van der Waals surface area contributed by atoms with Crippen molar-refractivity contribution in [1.82, 2.24) is 5.32 Å². The molecule has 1 fully saturated rings. The highest BCUT2D eigenvalue weighted by molar-refractivity contribution is 14.0. The number of hydrogen-bond donors (Lipinski definition) is 2. The Morgan fingerprint density at radius 3 is 2.91 bits per heavy atom. The first-order valence-corrected chi connectivity index (χ1v) is 7.37. The minimum atomic E-state index is 0. The molecule has 1 saturated carbocycles. The van der Waals surface area contributed by atoms with Gasteiger partial charge in [0.15, 0.2) is 17.5 Å². The van der Waals surface area contributed by atoms with Gasteiger partial charge in [-0.1, -0.05) is 6.42 Å². The van der Waals surface area contributed by atoms with Crippen molar-refractivity contribution in [2.75, 3.05) is 26.5 Å². The molecule has 0 amide bonds. The molecular weight excluding hydrogens is 397 g/mol. The largest absolute Gasteiger partial charge is 0.492 e. The molecule has 22 heavy (non-hydrogen) atoms. The van der Waals surface area contributed by atoms with E-state index >= 15 is 0 Å². The number of hydrogen-bond acceptors (Lipinski definition) is 4. The summed E-state index contributed by atoms with van der Waals surface area (Å²) in [6.07, 6.45) is 3.89. The predicted molar refractivity (Wildman–Crippen MR) is 95.3 cm³/mol. The van der Waals surface area contributed by atoms with E-state index in [1.54, 1.807) is 0 Å². The lowest BCUT2D eigenvalue weighted by atomic mass is 9.86. The Morgan fingerprint density at radius 1 is 1.32 bits per heavy atom. The molecule has 1 aliphatic heterocycles. The quantitative estimate of drug-likeness (QED) is 0.320. The molecule has 3 N–H and O–H groups in total. The Kier molecular flexibility index (Phi) is 6.41. The first kappa shape index (κ1) is 17.0. The average molecular weight is 419 g/mol. The maximum absolute atomic E-state index is 5.80. The summed E-state index contributed by atoms with van der Waals surface area (Å²) < 4.78 is 16.2. The van der Waals surface area contributed by atoms with Crippen molar-refractivity contribution in [2.45, 2.75) is 19.3 Å². The highest BCUT2D eigenvalue weighted by Crippen LogP contribution is 2.34. The third kappa shape index (κ3) is 4.56. The van der Waals surface area contributed by atoms with Crippen LogP contribution in [-0.4, -0.2) is 32.4 Å². The summed E-state index contributed by atoms with van der Waals surface area (Å²) in [4.78, 5) is 4.33. The summed E-state index contributed by atoms with van der Waals surface area (Å²) in [5.74, 6) is 3.47. The van der Waals surface area contributed by atoms with Crippen LogP contribution in [0.2, 0.25) is 0 Å². The second-order valence-corrected chi connectivity index (χ2v) is 5.31. The van der Waals surface area contributed by atoms with Crippen LogP contribution >= 0.6 is 24.0 Å². The Hall–Kier alpha value is -1.38. The van der Waals surface area contributed by atoms with Crippen molar-refractivity contribution in [3.05, 3.63) is 18.2 Å². The molecule has 2 aliphatic rings. The van der Waals surface area contributed by atoms with E-state index in [4.69, 9.17) is 19.9 Å². The van der Waals surface area contributed by atoms with Crippen molar-refractivity contribution in [3.8, 4) is 17.2 Å². The number of ether oxygens (including phenoxy) is 3. The molecule has 0 bridgehead atoms. The van der Waals surface area contributed by atoms with E-state index in [0.717, 1.165) is 29.7 Å². The molecule has 3 rings (SSSR count). The summed E-state index contributed by atoms with van der Waals surface area (Å²) in [6, 6.07) is 5.54. The van der Waals surface area contributed by atoms with Gasteiger partial charge in [-0.15, -0.1) is 24.0 Å². The van der Waals surface area contributed by atoms with Gasteiger partial charge in [-0.3, -0.25) is 4.99 Å². The maximum Gasteiger partial charge on any atom is 0.231 e. The lowest BCUT2D eigenvalue weighted by molar-refractivity contribution is 0.173. The summed E-state index contributed by atoms with van der Waals surface area (Å²) in [5.41, 5.74) is 5.80. The van der Waals surface area contributed by atoms with Crippen molar-refractivity contribution >= 4 is 29.9 Å². The highest BCUT2D eigenvalue weighted by atomic mass is 127. The van der Waals surface area contributed by atoms with Gasteiger partial charge in [0.05, 0.1) is 6.54 Å². The van der Waals surface area contributed by atoms with Crippen LogP contribution in [0.5, 0.6) is 17.2 Å². The zero-order chi connectivity index (χ0) is 14.5. The van der Waals surface area contributed by atoms with Crippen LogP contribution in [0.1, 0.15) is 19.3 Å². The second-order valence-electron chi connectivity index (χ2n) is 5.31. The van der Waals surface area contributed by atoms with E-state index in [0.29, 0.717) is 19.1 Å². The lowest BCUT2D eigenvalue weighted by Crippen LogP contribution is -2.35. The molecule has 1 aromatic rings. The van der Waals surface area contributed by atoms with E-state index in [2.05, 4.69) is 10.3 Å². The molecule has 1 aliphatic carbocycles. The SMILES string of the molecule is I.NC(=NCC1CCC1)NCCOc1ccc2c(c1)OCO2. The molecule has 122 valence electrons. The molecule has 0 unspecified atom stereocenters. The summed E-state index contributed by atoms with van der Waals surface area (Å²) in [6.45, 7) is 2.24. The second kappa shape index (κ2) is 8.30. The van der Waals surface area contributed by atoms with Gasteiger partial charge in [-0.05, 0) is 30.9 Å². The monoisotopic (exact) mass is 419 g/mol. The lowest BCUT2D eigenvalue weighted by Gasteiger charge is -2.23. The maximum atomic E-state index is 5.80. The van der Waals surface area contributed by atoms with Crippen LogP contribution in [0.3, 0.4) is 0 Å². The minimum Gasteiger partial charge on any atom is -0.492 e. The number of nitrogens with zero attached hydrogens (tertiary/aromatic N) is 1. The van der Waals surface area contributed by atoms with E-state index < -0.39 is 0 Å². The standard InChI is InChI=1S/C15H21N3O3.HI/c16-15(18-9-11-2-1-3-11)17-6-7-19-12-4-5-13-14(8-12)21-10-20-13;/h4-5,8,11H,1-3,6-7,9-10H2,(H3,16,17,18);1H. The van der Waals surface area contributed by atoms with Gasteiger partial charge in [0.25, 0.3) is 0 Å². The van der Waals surface area contributed by atoms with Crippen molar-refractivity contribution in [3.63, 3.8) is 0 Å². The fourth-order valence-electron chi connectivity index (χ4n) is 2.27. The molecule has 0 saturated heterocycles. The van der Waals surface area contributed by atoms with E-state index in [-0.39, 0.29) is 30.8 Å². The molecule has 1 aromatic carbocycles. The molecule has 6 nitrogen and oxygen atoms in total. The highest BCUT2D eigenvalue weighted by Gasteiger charge is 2.16. The number of rotatable bonds is 6. The third-order valence-corrected chi connectivity index (χ3v) is 3.77. The molecule has 0 radical (unpaired) electrons. The molecular formula is C15H22IN3O3. The van der Waals surface area contributed by atoms with Crippen LogP contribution in [-0.2, 0) is 0 Å². The van der Waals surface area contributed by atoms with E-state index in [1.807, 2.05) is 18.2 Å². The van der Waals surface area contributed by atoms with Gasteiger partial charge < -0.3 is 25.3 Å². The first-order chi connectivity index (χ1) is 10.3. The predicted octanol–water partition coefficient (Wildman–Crippen LogP) is 2.12. The summed E-state index contributed by atoms with van der Waals surface area (Å²) in [7, 11) is 0. The molecule has 0 aromatic heterocycles. The Labute approximate surface area is 147 Å². The Morgan fingerprint density at radius 2 is 2.14 bits per heavy atom. The fraction of sp³-hybridized carbons (Fsp3) is 0.533. The number of fused-ring (bicyclic) bond motifs is 1. The number of nitrogens with one attached hydrogen (secondary N) is 1. The van der Waals surface area contributed by atoms with Gasteiger partial charge in [0, 0.05) is 12.6 Å². The normalized spacial score (nSPS) is 16.6. The molecule has 0 atom stereocenters. The molecule has 7 heteroatoms. The number of aliphatic imine (C=N–C) groups is 1. The number of halogens is 1. The molecule has 0 spiro atoms. The topological polar surface area (TPSA) is 78.1 Å². The zero-order valence-corrected chi connectivity index (χ0v) is 14.7. The Bertz CT molecular complexity index is 521.